The zero-order valence-electron chi connectivity index (χ0n) is 9.58. The summed E-state index contributed by atoms with van der Waals surface area (Å²) in [6.07, 6.45) is -1.99. The SMILES string of the molecule is CCC(COC)Nc1ncncc1C(F)(F)F. The first-order valence-electron chi connectivity index (χ1n) is 5.11. The number of anilines is 1. The third kappa shape index (κ3) is 3.85. The number of ether oxygens (including phenoxy) is 1. The van der Waals surface area contributed by atoms with Crippen molar-refractivity contribution >= 4 is 5.82 Å². The van der Waals surface area contributed by atoms with Gasteiger partial charge in [-0.2, -0.15) is 13.2 Å². The molecule has 0 spiro atoms. The van der Waals surface area contributed by atoms with Gasteiger partial charge in [0.1, 0.15) is 17.7 Å². The number of hydrogen-bond donors (Lipinski definition) is 1. The van der Waals surface area contributed by atoms with E-state index in [1.54, 1.807) is 0 Å². The summed E-state index contributed by atoms with van der Waals surface area (Å²) in [5.41, 5.74) is -0.866. The Labute approximate surface area is 97.2 Å². The summed E-state index contributed by atoms with van der Waals surface area (Å²) in [6.45, 7) is 2.17. The fourth-order valence-electron chi connectivity index (χ4n) is 1.31. The van der Waals surface area contributed by atoms with E-state index < -0.39 is 11.7 Å². The zero-order chi connectivity index (χ0) is 12.9. The van der Waals surface area contributed by atoms with Crippen LogP contribution in [0.25, 0.3) is 0 Å². The molecule has 0 aliphatic heterocycles. The monoisotopic (exact) mass is 249 g/mol. The van der Waals surface area contributed by atoms with Crippen LogP contribution in [-0.2, 0) is 10.9 Å². The van der Waals surface area contributed by atoms with Crippen LogP contribution < -0.4 is 5.32 Å². The van der Waals surface area contributed by atoms with Gasteiger partial charge in [-0.1, -0.05) is 6.92 Å². The van der Waals surface area contributed by atoms with Crippen molar-refractivity contribution in [3.8, 4) is 0 Å². The van der Waals surface area contributed by atoms with Crippen molar-refractivity contribution in [3.05, 3.63) is 18.1 Å². The Kier molecular flexibility index (Phi) is 4.68. The number of nitrogens with zero attached hydrogens (tertiary/aromatic N) is 2. The van der Waals surface area contributed by atoms with E-state index in [4.69, 9.17) is 4.74 Å². The Bertz CT molecular complexity index is 357. The Morgan fingerprint density at radius 1 is 1.47 bits per heavy atom. The molecule has 1 atom stereocenters. The molecule has 1 rings (SSSR count). The zero-order valence-corrected chi connectivity index (χ0v) is 9.58. The molecule has 0 aliphatic carbocycles. The van der Waals surface area contributed by atoms with E-state index in [-0.39, 0.29) is 11.9 Å². The van der Waals surface area contributed by atoms with E-state index in [1.807, 2.05) is 6.92 Å². The molecular weight excluding hydrogens is 235 g/mol. The number of hydrogen-bond acceptors (Lipinski definition) is 4. The van der Waals surface area contributed by atoms with Crippen LogP contribution in [0.5, 0.6) is 0 Å². The summed E-state index contributed by atoms with van der Waals surface area (Å²) in [4.78, 5) is 7.01. The third-order valence-electron chi connectivity index (χ3n) is 2.22. The Morgan fingerprint density at radius 2 is 2.18 bits per heavy atom. The van der Waals surface area contributed by atoms with Gasteiger partial charge in [-0.3, -0.25) is 0 Å². The van der Waals surface area contributed by atoms with E-state index in [0.29, 0.717) is 13.0 Å². The van der Waals surface area contributed by atoms with Crippen LogP contribution in [0.2, 0.25) is 0 Å². The maximum absolute atomic E-state index is 12.6. The van der Waals surface area contributed by atoms with Crippen LogP contribution in [0.15, 0.2) is 12.5 Å². The van der Waals surface area contributed by atoms with Gasteiger partial charge in [-0.15, -0.1) is 0 Å². The molecule has 7 heteroatoms. The molecule has 1 aromatic rings. The fourth-order valence-corrected chi connectivity index (χ4v) is 1.31. The Balaban J connectivity index is 2.90. The van der Waals surface area contributed by atoms with Crippen LogP contribution in [0.1, 0.15) is 18.9 Å². The molecule has 0 aromatic carbocycles. The molecule has 1 heterocycles. The van der Waals surface area contributed by atoms with Gasteiger partial charge < -0.3 is 10.1 Å². The summed E-state index contributed by atoms with van der Waals surface area (Å²) < 4.78 is 42.8. The highest BCUT2D eigenvalue weighted by molar-refractivity contribution is 5.44. The summed E-state index contributed by atoms with van der Waals surface area (Å²) in [6, 6.07) is -0.212. The first-order valence-corrected chi connectivity index (χ1v) is 5.11. The molecule has 0 bridgehead atoms. The van der Waals surface area contributed by atoms with Gasteiger partial charge in [0.15, 0.2) is 0 Å². The summed E-state index contributed by atoms with van der Waals surface area (Å²) in [7, 11) is 1.50. The number of methoxy groups -OCH3 is 1. The van der Waals surface area contributed by atoms with E-state index in [1.165, 1.54) is 7.11 Å². The molecule has 1 unspecified atom stereocenters. The lowest BCUT2D eigenvalue weighted by atomic mass is 10.2. The van der Waals surface area contributed by atoms with Gasteiger partial charge in [0.25, 0.3) is 0 Å². The average molecular weight is 249 g/mol. The Morgan fingerprint density at radius 3 is 2.71 bits per heavy atom. The molecule has 1 N–H and O–H groups in total. The van der Waals surface area contributed by atoms with Crippen molar-refractivity contribution in [1.82, 2.24) is 9.97 Å². The number of aromatic nitrogens is 2. The maximum atomic E-state index is 12.6. The molecule has 17 heavy (non-hydrogen) atoms. The number of alkyl halides is 3. The molecule has 0 radical (unpaired) electrons. The van der Waals surface area contributed by atoms with Gasteiger partial charge in [-0.25, -0.2) is 9.97 Å². The molecule has 0 aliphatic rings. The van der Waals surface area contributed by atoms with Gasteiger partial charge in [-0.05, 0) is 6.42 Å². The molecule has 0 saturated heterocycles. The van der Waals surface area contributed by atoms with Crippen molar-refractivity contribution in [2.24, 2.45) is 0 Å². The molecule has 96 valence electrons. The van der Waals surface area contributed by atoms with Crippen LogP contribution >= 0.6 is 0 Å². The molecule has 4 nitrogen and oxygen atoms in total. The summed E-state index contributed by atoms with van der Waals surface area (Å²) in [5, 5.41) is 2.71. The van der Waals surface area contributed by atoms with E-state index in [2.05, 4.69) is 15.3 Å². The summed E-state index contributed by atoms with van der Waals surface area (Å²) in [5.74, 6) is -0.212. The normalized spacial score (nSPS) is 13.5. The van der Waals surface area contributed by atoms with Crippen molar-refractivity contribution in [2.45, 2.75) is 25.6 Å². The average Bonchev–Trinajstić information content (AvgIpc) is 2.27. The van der Waals surface area contributed by atoms with Gasteiger partial charge in [0.2, 0.25) is 0 Å². The molecule has 0 amide bonds. The largest absolute Gasteiger partial charge is 0.421 e. The second-order valence-electron chi connectivity index (χ2n) is 3.49. The van der Waals surface area contributed by atoms with Gasteiger partial charge >= 0.3 is 6.18 Å². The second kappa shape index (κ2) is 5.81. The smallest absolute Gasteiger partial charge is 0.383 e. The number of halogens is 3. The maximum Gasteiger partial charge on any atom is 0.421 e. The van der Waals surface area contributed by atoms with Crippen LogP contribution in [0.3, 0.4) is 0 Å². The molecule has 1 aromatic heterocycles. The molecule has 0 fully saturated rings. The van der Waals surface area contributed by atoms with Gasteiger partial charge in [0, 0.05) is 13.3 Å². The minimum absolute atomic E-state index is 0.212. The van der Waals surface area contributed by atoms with Crippen LogP contribution in [0, 0.1) is 0 Å². The van der Waals surface area contributed by atoms with E-state index in [9.17, 15) is 13.2 Å². The third-order valence-corrected chi connectivity index (χ3v) is 2.22. The van der Waals surface area contributed by atoms with Crippen LogP contribution in [0.4, 0.5) is 19.0 Å². The fraction of sp³-hybridized carbons (Fsp3) is 0.600. The Hall–Kier alpha value is -1.37. The lowest BCUT2D eigenvalue weighted by molar-refractivity contribution is -0.137. The van der Waals surface area contributed by atoms with Crippen LogP contribution in [-0.4, -0.2) is 29.7 Å². The minimum Gasteiger partial charge on any atom is -0.383 e. The van der Waals surface area contributed by atoms with E-state index >= 15 is 0 Å². The second-order valence-corrected chi connectivity index (χ2v) is 3.49. The standard InChI is InChI=1S/C10H14F3N3O/c1-3-7(5-17-2)16-9-8(10(11,12)13)4-14-6-15-9/h4,6-7H,3,5H2,1-2H3,(H,14,15,16). The number of rotatable bonds is 5. The van der Waals surface area contributed by atoms with E-state index in [0.717, 1.165) is 12.5 Å². The highest BCUT2D eigenvalue weighted by Gasteiger charge is 2.35. The topological polar surface area (TPSA) is 47.0 Å². The highest BCUT2D eigenvalue weighted by Crippen LogP contribution is 2.33. The lowest BCUT2D eigenvalue weighted by Crippen LogP contribution is -2.26. The highest BCUT2D eigenvalue weighted by atomic mass is 19.4. The van der Waals surface area contributed by atoms with Crippen molar-refractivity contribution in [2.75, 3.05) is 19.0 Å². The van der Waals surface area contributed by atoms with Crippen molar-refractivity contribution in [1.29, 1.82) is 0 Å². The molecule has 0 saturated carbocycles. The quantitative estimate of drug-likeness (QED) is 0.870. The van der Waals surface area contributed by atoms with Crippen molar-refractivity contribution in [3.63, 3.8) is 0 Å². The predicted molar refractivity (Wildman–Crippen MR) is 56.6 cm³/mol. The summed E-state index contributed by atoms with van der Waals surface area (Å²) >= 11 is 0. The van der Waals surface area contributed by atoms with Crippen molar-refractivity contribution < 1.29 is 17.9 Å². The molecular formula is C10H14F3N3O. The lowest BCUT2D eigenvalue weighted by Gasteiger charge is -2.19. The number of nitrogens with one attached hydrogen (secondary N) is 1. The first kappa shape index (κ1) is 13.7. The van der Waals surface area contributed by atoms with Gasteiger partial charge in [0.05, 0.1) is 12.6 Å². The predicted octanol–water partition coefficient (Wildman–Crippen LogP) is 2.33. The first-order chi connectivity index (χ1) is 7.99. The minimum atomic E-state index is -4.46.